The maximum absolute atomic E-state index is 14.3. The molecule has 0 aliphatic heterocycles. The average Bonchev–Trinajstić information content (AvgIpc) is 4.00. The first-order chi connectivity index (χ1) is 34.6. The molecule has 0 aliphatic rings. The summed E-state index contributed by atoms with van der Waals surface area (Å²) in [4.78, 5) is 69.3. The number of halogens is 4. The average molecular weight is 1060 g/mol. The van der Waals surface area contributed by atoms with Gasteiger partial charge in [-0.1, -0.05) is 71.7 Å². The third-order valence-electron chi connectivity index (χ3n) is 11.1. The number of esters is 2. The number of aromatic amines is 2. The molecule has 73 heavy (non-hydrogen) atoms. The van der Waals surface area contributed by atoms with Crippen molar-refractivity contribution in [2.75, 3.05) is 40.6 Å². The number of benzene rings is 4. The Balaban J connectivity index is 0.000000275. The van der Waals surface area contributed by atoms with Gasteiger partial charge in [0, 0.05) is 47.5 Å². The molecule has 0 fully saturated rings. The second kappa shape index (κ2) is 27.8. The minimum atomic E-state index is -1.26. The third-order valence-corrected chi connectivity index (χ3v) is 11.5. The van der Waals surface area contributed by atoms with Crippen molar-refractivity contribution < 1.29 is 61.1 Å². The number of nitrogens with one attached hydrogen (secondary N) is 3. The van der Waals surface area contributed by atoms with Crippen LogP contribution in [0, 0.1) is 22.5 Å². The van der Waals surface area contributed by atoms with Gasteiger partial charge in [-0.25, -0.2) is 13.6 Å². The second-order valence-corrected chi connectivity index (χ2v) is 18.1. The number of nitrogens with two attached hydrogens (primary N) is 1. The summed E-state index contributed by atoms with van der Waals surface area (Å²) in [6.45, 7) is 7.82. The van der Waals surface area contributed by atoms with Gasteiger partial charge in [-0.3, -0.25) is 24.0 Å². The molecule has 6 rings (SSSR count). The van der Waals surface area contributed by atoms with Crippen LogP contribution in [-0.2, 0) is 41.4 Å². The Bertz CT molecular complexity index is 2890. The minimum Gasteiger partial charge on any atom is -0.475 e. The largest absolute Gasteiger partial charge is 0.475 e. The molecule has 0 radical (unpaired) electrons. The molecule has 0 bridgehead atoms. The highest BCUT2D eigenvalue weighted by Gasteiger charge is 2.39. The molecule has 21 heteroatoms. The summed E-state index contributed by atoms with van der Waals surface area (Å²) < 4.78 is 58.3. The molecule has 0 spiro atoms. The molecule has 4 atom stereocenters. The molecule has 0 aliphatic carbocycles. The van der Waals surface area contributed by atoms with Crippen LogP contribution in [0.3, 0.4) is 0 Å². The lowest BCUT2D eigenvalue weighted by molar-refractivity contribution is -0.159. The summed E-state index contributed by atoms with van der Waals surface area (Å²) in [6, 6.07) is 24.6. The van der Waals surface area contributed by atoms with E-state index in [4.69, 9.17) is 57.5 Å². The predicted molar refractivity (Wildman–Crippen MR) is 268 cm³/mol. The molecule has 4 aromatic carbocycles. The van der Waals surface area contributed by atoms with Gasteiger partial charge < -0.3 is 44.2 Å². The van der Waals surface area contributed by atoms with Crippen molar-refractivity contribution in [2.45, 2.75) is 65.5 Å². The first kappa shape index (κ1) is 58.7. The van der Waals surface area contributed by atoms with E-state index in [2.05, 4.69) is 15.0 Å². The summed E-state index contributed by atoms with van der Waals surface area (Å²) in [5.41, 5.74) is 7.41. The number of ether oxygens (including phenoxy) is 4. The van der Waals surface area contributed by atoms with Crippen molar-refractivity contribution in [1.29, 1.82) is 0 Å². The number of amides is 1. The van der Waals surface area contributed by atoms with Crippen LogP contribution < -0.4 is 22.2 Å². The van der Waals surface area contributed by atoms with Crippen LogP contribution in [0.4, 0.5) is 8.78 Å². The summed E-state index contributed by atoms with van der Waals surface area (Å²) >= 11 is 12.0. The fourth-order valence-electron chi connectivity index (χ4n) is 7.72. The number of H-pyrrole nitrogens is 2. The molecular formula is C52H58Cl2F2N4O13. The van der Waals surface area contributed by atoms with Crippen molar-refractivity contribution in [3.05, 3.63) is 162 Å². The van der Waals surface area contributed by atoms with Crippen LogP contribution in [0.1, 0.15) is 72.8 Å². The Morgan fingerprint density at radius 3 is 1.48 bits per heavy atom. The van der Waals surface area contributed by atoms with E-state index in [-0.39, 0.29) is 55.6 Å². The number of carbonyl (C=O) groups excluding carboxylic acids is 3. The summed E-state index contributed by atoms with van der Waals surface area (Å²) in [5.74, 6) is -3.90. The number of aromatic nitrogens is 2. The van der Waals surface area contributed by atoms with Gasteiger partial charge in [0.05, 0.1) is 49.4 Å². The fraction of sp³-hybridized carbons (Fsp3) is 0.346. The quantitative estimate of drug-likeness (QED) is 0.0423. The third kappa shape index (κ3) is 17.7. The van der Waals surface area contributed by atoms with Gasteiger partial charge in [-0.05, 0) is 112 Å². The Labute approximate surface area is 429 Å². The van der Waals surface area contributed by atoms with Crippen molar-refractivity contribution in [3.63, 3.8) is 0 Å². The zero-order valence-electron chi connectivity index (χ0n) is 41.0. The Kier molecular flexibility index (Phi) is 22.3. The summed E-state index contributed by atoms with van der Waals surface area (Å²) in [5, 5.41) is 15.8. The van der Waals surface area contributed by atoms with E-state index in [0.717, 1.165) is 28.8 Å². The molecule has 0 saturated carbocycles. The van der Waals surface area contributed by atoms with E-state index in [1.807, 2.05) is 41.6 Å². The number of carboxylic acids is 1. The standard InChI is InChI=1S/C26H28ClFN2O6.C22H27ClFNO3.C4H3NO4/c1-4-35-25(33)26(2,15-34-3)14-19(29-24(32)22-13-23(31)30-36-22)11-16-5-7-17(8-6-16)20-12-18(27)9-10-21(20)28;1-4-28-21(26)22(2,14-27-3)13-18(25)11-15-5-7-16(8-6-15)19-12-17(23)9-10-20(19)24;6-3-1-2(4(7)8)9-5-3/h5-10,12-13,19H,4,11,14-15H2,1-3H3,(H,29,32)(H,30,31);5-10,12,18H,4,11,13-14,25H2,1-3H3;1H,(H,5,6)(H,7,8)/t19-,26+;18-,22+;/m11./s1. The van der Waals surface area contributed by atoms with Gasteiger partial charge in [-0.2, -0.15) is 10.3 Å². The molecule has 6 N–H and O–H groups in total. The number of carbonyl (C=O) groups is 4. The van der Waals surface area contributed by atoms with Gasteiger partial charge in [0.2, 0.25) is 11.5 Å². The fourth-order valence-corrected chi connectivity index (χ4v) is 8.07. The highest BCUT2D eigenvalue weighted by Crippen LogP contribution is 2.31. The van der Waals surface area contributed by atoms with Crippen LogP contribution in [0.25, 0.3) is 22.3 Å². The molecule has 6 aromatic rings. The van der Waals surface area contributed by atoms with Gasteiger partial charge in [0.1, 0.15) is 11.6 Å². The van der Waals surface area contributed by atoms with E-state index < -0.39 is 51.7 Å². The van der Waals surface area contributed by atoms with Crippen LogP contribution in [0.15, 0.2) is 116 Å². The first-order valence-electron chi connectivity index (χ1n) is 22.7. The molecule has 17 nitrogen and oxygen atoms in total. The molecular weight excluding hydrogens is 997 g/mol. The number of methoxy groups -OCH3 is 2. The molecule has 0 saturated heterocycles. The Morgan fingerprint density at radius 1 is 0.671 bits per heavy atom. The number of hydrogen-bond acceptors (Lipinski definition) is 13. The smallest absolute Gasteiger partial charge is 0.374 e. The Hall–Kier alpha value is -6.90. The maximum atomic E-state index is 14.3. The van der Waals surface area contributed by atoms with E-state index in [9.17, 15) is 37.5 Å². The van der Waals surface area contributed by atoms with Crippen LogP contribution in [0.5, 0.6) is 0 Å². The predicted octanol–water partition coefficient (Wildman–Crippen LogP) is 8.66. The van der Waals surface area contributed by atoms with Crippen LogP contribution >= 0.6 is 23.2 Å². The van der Waals surface area contributed by atoms with Crippen LogP contribution in [0.2, 0.25) is 10.0 Å². The van der Waals surface area contributed by atoms with E-state index in [0.29, 0.717) is 52.6 Å². The van der Waals surface area contributed by atoms with E-state index in [1.165, 1.54) is 31.4 Å². The number of rotatable bonds is 21. The van der Waals surface area contributed by atoms with Crippen LogP contribution in [-0.4, -0.2) is 92.0 Å². The topological polar surface area (TPSA) is 255 Å². The Morgan fingerprint density at radius 2 is 1.10 bits per heavy atom. The highest BCUT2D eigenvalue weighted by atomic mass is 35.5. The highest BCUT2D eigenvalue weighted by molar-refractivity contribution is 6.31. The lowest BCUT2D eigenvalue weighted by Crippen LogP contribution is -2.45. The van der Waals surface area contributed by atoms with Crippen molar-refractivity contribution >= 4 is 47.0 Å². The molecule has 392 valence electrons. The van der Waals surface area contributed by atoms with Gasteiger partial charge in [0.15, 0.2) is 0 Å². The molecule has 2 heterocycles. The van der Waals surface area contributed by atoms with Crippen molar-refractivity contribution in [2.24, 2.45) is 16.6 Å². The minimum absolute atomic E-state index is 0.0738. The van der Waals surface area contributed by atoms with E-state index >= 15 is 0 Å². The summed E-state index contributed by atoms with van der Waals surface area (Å²) in [7, 11) is 3.03. The number of hydrogen-bond donors (Lipinski definition) is 5. The van der Waals surface area contributed by atoms with E-state index in [1.54, 1.807) is 59.1 Å². The normalized spacial score (nSPS) is 13.4. The number of aromatic carboxylic acids is 1. The zero-order valence-corrected chi connectivity index (χ0v) is 42.5. The van der Waals surface area contributed by atoms with Crippen molar-refractivity contribution in [3.8, 4) is 22.3 Å². The molecule has 0 unspecified atom stereocenters. The van der Waals surface area contributed by atoms with Gasteiger partial charge in [-0.15, -0.1) is 0 Å². The first-order valence-corrected chi connectivity index (χ1v) is 23.5. The maximum Gasteiger partial charge on any atom is 0.374 e. The summed E-state index contributed by atoms with van der Waals surface area (Å²) in [6.07, 6.45) is 1.53. The molecule has 2 aromatic heterocycles. The van der Waals surface area contributed by atoms with Gasteiger partial charge >= 0.3 is 17.9 Å². The van der Waals surface area contributed by atoms with Crippen molar-refractivity contribution in [1.82, 2.24) is 15.6 Å². The second-order valence-electron chi connectivity index (χ2n) is 17.3. The van der Waals surface area contributed by atoms with Gasteiger partial charge in [0.25, 0.3) is 17.0 Å². The zero-order chi connectivity index (χ0) is 53.9. The lowest BCUT2D eigenvalue weighted by Gasteiger charge is -2.31. The lowest BCUT2D eigenvalue weighted by atomic mass is 9.82. The monoisotopic (exact) mass is 1050 g/mol. The SMILES string of the molecule is CCOC(=O)[C@](C)(COC)C[C@@H](Cc1ccc(-c2cc(Cl)ccc2F)cc1)NC(=O)c1cc(=O)[nH]o1.CCOC(=O)[C@](C)(COC)C[C@H](N)Cc1ccc(-c2cc(Cl)ccc2F)cc1.O=C(O)c1cc(=O)[nH]o1. The molecule has 1 amide bonds. The number of carboxylic acid groups (broad SMARTS) is 1.